The van der Waals surface area contributed by atoms with Crippen LogP contribution in [0.25, 0.3) is 11.3 Å². The minimum absolute atomic E-state index is 0.425. The summed E-state index contributed by atoms with van der Waals surface area (Å²) >= 11 is 0. The second-order valence-electron chi connectivity index (χ2n) is 3.64. The van der Waals surface area contributed by atoms with Gasteiger partial charge < -0.3 is 0 Å². The number of hydrogen-bond acceptors (Lipinski definition) is 2. The van der Waals surface area contributed by atoms with Crippen molar-refractivity contribution in [1.29, 1.82) is 5.26 Å². The number of aryl methyl sites for hydroxylation is 1. The summed E-state index contributed by atoms with van der Waals surface area (Å²) in [6, 6.07) is 16.1. The van der Waals surface area contributed by atoms with E-state index in [-0.39, 0.29) is 0 Å². The summed E-state index contributed by atoms with van der Waals surface area (Å²) in [6.07, 6.45) is 0.425. The predicted octanol–water partition coefficient (Wildman–Crippen LogP) is 3.12. The van der Waals surface area contributed by atoms with Gasteiger partial charge in [0.2, 0.25) is 0 Å². The molecule has 1 heterocycles. The second kappa shape index (κ2) is 4.59. The van der Waals surface area contributed by atoms with Gasteiger partial charge in [0.15, 0.2) is 0 Å². The molecule has 0 aliphatic rings. The van der Waals surface area contributed by atoms with E-state index in [0.29, 0.717) is 6.42 Å². The first-order valence-corrected chi connectivity index (χ1v) is 5.20. The Labute approximate surface area is 95.2 Å². The van der Waals surface area contributed by atoms with Crippen molar-refractivity contribution in [3.8, 4) is 17.3 Å². The molecule has 0 saturated carbocycles. The van der Waals surface area contributed by atoms with Crippen molar-refractivity contribution in [2.45, 2.75) is 13.3 Å². The topological polar surface area (TPSA) is 36.7 Å². The smallest absolute Gasteiger partial charge is 0.0705 e. The average molecular weight is 208 g/mol. The van der Waals surface area contributed by atoms with E-state index >= 15 is 0 Å². The Morgan fingerprint density at radius 3 is 2.50 bits per heavy atom. The summed E-state index contributed by atoms with van der Waals surface area (Å²) in [6.45, 7) is 1.94. The van der Waals surface area contributed by atoms with Crippen molar-refractivity contribution in [2.75, 3.05) is 0 Å². The first kappa shape index (κ1) is 10.4. The van der Waals surface area contributed by atoms with Crippen molar-refractivity contribution in [3.63, 3.8) is 0 Å². The molecule has 0 saturated heterocycles. The van der Waals surface area contributed by atoms with Crippen molar-refractivity contribution in [1.82, 2.24) is 4.98 Å². The van der Waals surface area contributed by atoms with Gasteiger partial charge in [0.05, 0.1) is 18.2 Å². The maximum Gasteiger partial charge on any atom is 0.0705 e. The summed E-state index contributed by atoms with van der Waals surface area (Å²) in [5.41, 5.74) is 4.00. The lowest BCUT2D eigenvalue weighted by Crippen LogP contribution is -1.93. The molecular formula is C14H12N2. The largest absolute Gasteiger partial charge is 0.253 e. The van der Waals surface area contributed by atoms with E-state index in [0.717, 1.165) is 22.5 Å². The molecule has 0 spiro atoms. The highest BCUT2D eigenvalue weighted by atomic mass is 14.7. The van der Waals surface area contributed by atoms with Gasteiger partial charge in [0, 0.05) is 11.3 Å². The monoisotopic (exact) mass is 208 g/mol. The fraction of sp³-hybridized carbons (Fsp3) is 0.143. The lowest BCUT2D eigenvalue weighted by molar-refractivity contribution is 1.11. The molecule has 0 atom stereocenters. The number of rotatable bonds is 2. The maximum atomic E-state index is 8.65. The van der Waals surface area contributed by atoms with Crippen molar-refractivity contribution in [3.05, 3.63) is 53.7 Å². The van der Waals surface area contributed by atoms with E-state index in [4.69, 9.17) is 5.26 Å². The summed E-state index contributed by atoms with van der Waals surface area (Å²) < 4.78 is 0. The Balaban J connectivity index is 2.39. The van der Waals surface area contributed by atoms with Crippen LogP contribution in [0.5, 0.6) is 0 Å². The molecule has 1 aromatic carbocycles. The molecule has 0 bridgehead atoms. The quantitative estimate of drug-likeness (QED) is 0.760. The van der Waals surface area contributed by atoms with Crippen molar-refractivity contribution < 1.29 is 0 Å². The number of aromatic nitrogens is 1. The van der Waals surface area contributed by atoms with Crippen molar-refractivity contribution >= 4 is 0 Å². The minimum Gasteiger partial charge on any atom is -0.253 e. The van der Waals surface area contributed by atoms with Gasteiger partial charge in [0.25, 0.3) is 0 Å². The van der Waals surface area contributed by atoms with Crippen LogP contribution >= 0.6 is 0 Å². The lowest BCUT2D eigenvalue weighted by Gasteiger charge is -2.05. The highest BCUT2D eigenvalue weighted by Gasteiger charge is 2.02. The van der Waals surface area contributed by atoms with E-state index in [1.165, 1.54) is 0 Å². The van der Waals surface area contributed by atoms with Gasteiger partial charge in [-0.25, -0.2) is 0 Å². The molecule has 78 valence electrons. The number of nitriles is 1. The fourth-order valence-electron chi connectivity index (χ4n) is 1.63. The van der Waals surface area contributed by atoms with Gasteiger partial charge in [-0.05, 0) is 18.6 Å². The van der Waals surface area contributed by atoms with Crippen LogP contribution in [0.15, 0.2) is 42.5 Å². The maximum absolute atomic E-state index is 8.65. The number of hydrogen-bond donors (Lipinski definition) is 0. The first-order chi connectivity index (χ1) is 7.81. The van der Waals surface area contributed by atoms with Gasteiger partial charge in [-0.3, -0.25) is 4.98 Å². The number of pyridine rings is 1. The molecule has 0 amide bonds. The van der Waals surface area contributed by atoms with Gasteiger partial charge in [-0.2, -0.15) is 5.26 Å². The minimum atomic E-state index is 0.425. The summed E-state index contributed by atoms with van der Waals surface area (Å²) in [5, 5.41) is 8.65. The van der Waals surface area contributed by atoms with Crippen molar-refractivity contribution in [2.24, 2.45) is 0 Å². The average Bonchev–Trinajstić information content (AvgIpc) is 2.33. The highest BCUT2D eigenvalue weighted by molar-refractivity contribution is 5.59. The third kappa shape index (κ3) is 2.09. The van der Waals surface area contributed by atoms with Crippen LogP contribution < -0.4 is 0 Å². The van der Waals surface area contributed by atoms with Gasteiger partial charge in [-0.1, -0.05) is 36.4 Å². The van der Waals surface area contributed by atoms with Crippen LogP contribution in [-0.4, -0.2) is 4.98 Å². The zero-order valence-electron chi connectivity index (χ0n) is 9.14. The molecule has 0 radical (unpaired) electrons. The molecule has 0 aliphatic carbocycles. The molecule has 2 heteroatoms. The van der Waals surface area contributed by atoms with Gasteiger partial charge in [-0.15, -0.1) is 0 Å². The van der Waals surface area contributed by atoms with Gasteiger partial charge >= 0.3 is 0 Å². The van der Waals surface area contributed by atoms with E-state index in [1.807, 2.05) is 49.4 Å². The predicted molar refractivity (Wildman–Crippen MR) is 63.7 cm³/mol. The first-order valence-electron chi connectivity index (χ1n) is 5.20. The normalized spacial score (nSPS) is 9.75. The Hall–Kier alpha value is -2.14. The third-order valence-electron chi connectivity index (χ3n) is 2.53. The molecule has 0 unspecified atom stereocenters. The molecule has 0 N–H and O–H groups in total. The van der Waals surface area contributed by atoms with E-state index in [9.17, 15) is 0 Å². The van der Waals surface area contributed by atoms with Crippen LogP contribution in [0.2, 0.25) is 0 Å². The van der Waals surface area contributed by atoms with Crippen LogP contribution in [0.3, 0.4) is 0 Å². The zero-order valence-corrected chi connectivity index (χ0v) is 9.14. The molecule has 1 aromatic heterocycles. The molecule has 2 nitrogen and oxygen atoms in total. The molecule has 0 aliphatic heterocycles. The van der Waals surface area contributed by atoms with Crippen LogP contribution in [0.4, 0.5) is 0 Å². The zero-order chi connectivity index (χ0) is 11.4. The lowest BCUT2D eigenvalue weighted by atomic mass is 10.1. The molecule has 0 fully saturated rings. The third-order valence-corrected chi connectivity index (χ3v) is 2.53. The Kier molecular flexibility index (Phi) is 2.98. The summed E-state index contributed by atoms with van der Waals surface area (Å²) in [4.78, 5) is 4.51. The van der Waals surface area contributed by atoms with Crippen LogP contribution in [0, 0.1) is 18.3 Å². The molecule has 2 aromatic rings. The standard InChI is InChI=1S/C14H12N2/c1-11-12(9-10-15)7-8-14(16-11)13-5-3-2-4-6-13/h2-8H,9H2,1H3. The van der Waals surface area contributed by atoms with Crippen LogP contribution in [-0.2, 0) is 6.42 Å². The number of benzene rings is 1. The molecule has 2 rings (SSSR count). The van der Waals surface area contributed by atoms with E-state index in [2.05, 4.69) is 11.1 Å². The highest BCUT2D eigenvalue weighted by Crippen LogP contribution is 2.18. The van der Waals surface area contributed by atoms with E-state index in [1.54, 1.807) is 0 Å². The van der Waals surface area contributed by atoms with Crippen LogP contribution in [0.1, 0.15) is 11.3 Å². The fourth-order valence-corrected chi connectivity index (χ4v) is 1.63. The summed E-state index contributed by atoms with van der Waals surface area (Å²) in [5.74, 6) is 0. The Morgan fingerprint density at radius 2 is 1.88 bits per heavy atom. The second-order valence-corrected chi connectivity index (χ2v) is 3.64. The Bertz CT molecular complexity index is 524. The van der Waals surface area contributed by atoms with Gasteiger partial charge in [0.1, 0.15) is 0 Å². The molecular weight excluding hydrogens is 196 g/mol. The Morgan fingerprint density at radius 1 is 1.12 bits per heavy atom. The van der Waals surface area contributed by atoms with E-state index < -0.39 is 0 Å². The summed E-state index contributed by atoms with van der Waals surface area (Å²) in [7, 11) is 0. The SMILES string of the molecule is Cc1nc(-c2ccccc2)ccc1CC#N. The number of nitrogens with zero attached hydrogens (tertiary/aromatic N) is 2. The molecule has 16 heavy (non-hydrogen) atoms.